The van der Waals surface area contributed by atoms with E-state index in [1.807, 2.05) is 32.9 Å². The second kappa shape index (κ2) is 7.76. The summed E-state index contributed by atoms with van der Waals surface area (Å²) < 4.78 is 0. The first-order chi connectivity index (χ1) is 9.88. The monoisotopic (exact) mass is 291 g/mol. The lowest BCUT2D eigenvalue weighted by Crippen LogP contribution is -2.47. The quantitative estimate of drug-likeness (QED) is 0.869. The highest BCUT2D eigenvalue weighted by Gasteiger charge is 2.27. The topological polar surface area (TPSA) is 62.3 Å². The Kier molecular flexibility index (Phi) is 6.34. The number of carbonyl (C=O) groups is 2. The molecule has 5 nitrogen and oxygen atoms in total. The van der Waals surface area contributed by atoms with Crippen LogP contribution in [0.25, 0.3) is 0 Å². The molecule has 1 aromatic rings. The van der Waals surface area contributed by atoms with E-state index >= 15 is 0 Å². The van der Waals surface area contributed by atoms with Gasteiger partial charge in [0.1, 0.15) is 6.04 Å². The van der Waals surface area contributed by atoms with E-state index in [2.05, 4.69) is 10.3 Å². The van der Waals surface area contributed by atoms with Gasteiger partial charge in [-0.25, -0.2) is 0 Å². The van der Waals surface area contributed by atoms with Crippen LogP contribution in [0.15, 0.2) is 24.5 Å². The van der Waals surface area contributed by atoms with Crippen LogP contribution >= 0.6 is 0 Å². The summed E-state index contributed by atoms with van der Waals surface area (Å²) in [6.07, 6.45) is 3.36. The lowest BCUT2D eigenvalue weighted by atomic mass is 9.88. The van der Waals surface area contributed by atoms with Gasteiger partial charge in [-0.2, -0.15) is 0 Å². The predicted molar refractivity (Wildman–Crippen MR) is 82.7 cm³/mol. The van der Waals surface area contributed by atoms with Gasteiger partial charge >= 0.3 is 0 Å². The van der Waals surface area contributed by atoms with Crippen LogP contribution in [-0.4, -0.2) is 41.3 Å². The summed E-state index contributed by atoms with van der Waals surface area (Å²) in [4.78, 5) is 30.1. The van der Waals surface area contributed by atoms with Crippen LogP contribution in [0.1, 0.15) is 39.2 Å². The number of carbonyl (C=O) groups excluding carboxylic acids is 2. The minimum Gasteiger partial charge on any atom is -0.344 e. The zero-order chi connectivity index (χ0) is 16.0. The maximum atomic E-state index is 12.5. The number of aromatic nitrogens is 1. The summed E-state index contributed by atoms with van der Waals surface area (Å²) in [5.74, 6) is -0.349. The Labute approximate surface area is 126 Å². The van der Waals surface area contributed by atoms with Crippen molar-refractivity contribution < 1.29 is 9.59 Å². The molecule has 1 heterocycles. The third-order valence-corrected chi connectivity index (χ3v) is 3.59. The molecule has 0 aromatic carbocycles. The van der Waals surface area contributed by atoms with Crippen molar-refractivity contribution in [3.63, 3.8) is 0 Å². The molecular weight excluding hydrogens is 266 g/mol. The van der Waals surface area contributed by atoms with Crippen LogP contribution in [-0.2, 0) is 9.59 Å². The molecule has 0 saturated carbocycles. The number of rotatable bonds is 6. The molecule has 0 unspecified atom stereocenters. The van der Waals surface area contributed by atoms with Gasteiger partial charge in [-0.1, -0.05) is 13.8 Å². The fourth-order valence-corrected chi connectivity index (χ4v) is 2.26. The van der Waals surface area contributed by atoms with Gasteiger partial charge < -0.3 is 10.2 Å². The predicted octanol–water partition coefficient (Wildman–Crippen LogP) is 1.80. The highest BCUT2D eigenvalue weighted by molar-refractivity contribution is 5.90. The highest BCUT2D eigenvalue weighted by Crippen LogP contribution is 2.24. The summed E-state index contributed by atoms with van der Waals surface area (Å²) in [5.41, 5.74) is 0.918. The third-order valence-electron chi connectivity index (χ3n) is 3.59. The summed E-state index contributed by atoms with van der Waals surface area (Å²) in [5, 5.41) is 2.82. The van der Waals surface area contributed by atoms with E-state index in [1.165, 1.54) is 0 Å². The number of nitrogens with one attached hydrogen (secondary N) is 1. The maximum absolute atomic E-state index is 12.5. The minimum atomic E-state index is -0.523. The SMILES string of the molecule is CCN(C)C(=O)[C@@H](C)NC(=O)[C@@H](c1ccncc1)C(C)C. The van der Waals surface area contributed by atoms with Crippen molar-refractivity contribution >= 4 is 11.8 Å². The molecule has 2 amide bonds. The van der Waals surface area contributed by atoms with Crippen molar-refractivity contribution in [2.75, 3.05) is 13.6 Å². The van der Waals surface area contributed by atoms with Crippen molar-refractivity contribution in [2.24, 2.45) is 5.92 Å². The van der Waals surface area contributed by atoms with Crippen molar-refractivity contribution in [1.82, 2.24) is 15.2 Å². The zero-order valence-electron chi connectivity index (χ0n) is 13.5. The zero-order valence-corrected chi connectivity index (χ0v) is 13.5. The summed E-state index contributed by atoms with van der Waals surface area (Å²) in [6.45, 7) is 8.23. The van der Waals surface area contributed by atoms with E-state index in [0.717, 1.165) is 5.56 Å². The van der Waals surface area contributed by atoms with E-state index in [1.54, 1.807) is 31.3 Å². The largest absolute Gasteiger partial charge is 0.344 e. The molecule has 0 aliphatic heterocycles. The number of amides is 2. The minimum absolute atomic E-state index is 0.0805. The molecule has 0 saturated heterocycles. The van der Waals surface area contributed by atoms with Crippen LogP contribution in [0.5, 0.6) is 0 Å². The Morgan fingerprint density at radius 1 is 1.24 bits per heavy atom. The van der Waals surface area contributed by atoms with Crippen molar-refractivity contribution in [3.8, 4) is 0 Å². The standard InChI is InChI=1S/C16H25N3O2/c1-6-19(5)16(21)12(4)18-15(20)14(11(2)3)13-7-9-17-10-8-13/h7-12,14H,6H2,1-5H3,(H,18,20)/t12-,14-/m1/s1. The molecule has 1 rings (SSSR count). The summed E-state index contributed by atoms with van der Waals surface area (Å²) in [6, 6.07) is 3.16. The van der Waals surface area contributed by atoms with E-state index < -0.39 is 6.04 Å². The molecule has 1 aromatic heterocycles. The Bertz CT molecular complexity index is 474. The normalized spacial score (nSPS) is 13.6. The average Bonchev–Trinajstić information content (AvgIpc) is 2.46. The Balaban J connectivity index is 2.82. The number of nitrogens with zero attached hydrogens (tertiary/aromatic N) is 2. The number of likely N-dealkylation sites (N-methyl/N-ethyl adjacent to an activating group) is 1. The Hall–Kier alpha value is -1.91. The van der Waals surface area contributed by atoms with Gasteiger partial charge in [0.2, 0.25) is 11.8 Å². The van der Waals surface area contributed by atoms with Crippen molar-refractivity contribution in [1.29, 1.82) is 0 Å². The second-order valence-corrected chi connectivity index (χ2v) is 5.58. The molecule has 0 radical (unpaired) electrons. The van der Waals surface area contributed by atoms with Crippen LogP contribution in [0.4, 0.5) is 0 Å². The summed E-state index contributed by atoms with van der Waals surface area (Å²) >= 11 is 0. The van der Waals surface area contributed by atoms with Crippen LogP contribution in [0.3, 0.4) is 0 Å². The van der Waals surface area contributed by atoms with E-state index in [9.17, 15) is 9.59 Å². The second-order valence-electron chi connectivity index (χ2n) is 5.58. The van der Waals surface area contributed by atoms with Crippen LogP contribution in [0, 0.1) is 5.92 Å². The first kappa shape index (κ1) is 17.1. The van der Waals surface area contributed by atoms with E-state index in [0.29, 0.717) is 6.54 Å². The van der Waals surface area contributed by atoms with Gasteiger partial charge in [-0.15, -0.1) is 0 Å². The molecule has 1 N–H and O–H groups in total. The van der Waals surface area contributed by atoms with Crippen molar-refractivity contribution in [3.05, 3.63) is 30.1 Å². The van der Waals surface area contributed by atoms with Gasteiger partial charge in [-0.05, 0) is 37.5 Å². The molecule has 21 heavy (non-hydrogen) atoms. The highest BCUT2D eigenvalue weighted by atomic mass is 16.2. The number of hydrogen-bond donors (Lipinski definition) is 1. The van der Waals surface area contributed by atoms with E-state index in [4.69, 9.17) is 0 Å². The molecule has 0 aliphatic rings. The molecule has 5 heteroatoms. The molecule has 2 atom stereocenters. The molecule has 0 bridgehead atoms. The first-order valence-corrected chi connectivity index (χ1v) is 7.33. The average molecular weight is 291 g/mol. The third kappa shape index (κ3) is 4.55. The number of pyridine rings is 1. The lowest BCUT2D eigenvalue weighted by molar-refractivity contribution is -0.135. The first-order valence-electron chi connectivity index (χ1n) is 7.33. The number of hydrogen-bond acceptors (Lipinski definition) is 3. The maximum Gasteiger partial charge on any atom is 0.244 e. The van der Waals surface area contributed by atoms with Gasteiger partial charge in [-0.3, -0.25) is 14.6 Å². The summed E-state index contributed by atoms with van der Waals surface area (Å²) in [7, 11) is 1.73. The van der Waals surface area contributed by atoms with Crippen LogP contribution < -0.4 is 5.32 Å². The molecular formula is C16H25N3O2. The van der Waals surface area contributed by atoms with Crippen LogP contribution in [0.2, 0.25) is 0 Å². The Morgan fingerprint density at radius 2 is 1.81 bits per heavy atom. The molecule has 0 aliphatic carbocycles. The van der Waals surface area contributed by atoms with E-state index in [-0.39, 0.29) is 23.7 Å². The van der Waals surface area contributed by atoms with Gasteiger partial charge in [0.05, 0.1) is 5.92 Å². The molecule has 0 spiro atoms. The lowest BCUT2D eigenvalue weighted by Gasteiger charge is -2.25. The fourth-order valence-electron chi connectivity index (χ4n) is 2.26. The smallest absolute Gasteiger partial charge is 0.244 e. The molecule has 0 fully saturated rings. The van der Waals surface area contributed by atoms with Gasteiger partial charge in [0.15, 0.2) is 0 Å². The van der Waals surface area contributed by atoms with Gasteiger partial charge in [0, 0.05) is 26.0 Å². The van der Waals surface area contributed by atoms with Gasteiger partial charge in [0.25, 0.3) is 0 Å². The fraction of sp³-hybridized carbons (Fsp3) is 0.562. The Morgan fingerprint density at radius 3 is 2.29 bits per heavy atom. The van der Waals surface area contributed by atoms with Crippen molar-refractivity contribution in [2.45, 2.75) is 39.7 Å². The molecule has 116 valence electrons.